The van der Waals surface area contributed by atoms with Gasteiger partial charge in [-0.1, -0.05) is 19.1 Å². The quantitative estimate of drug-likeness (QED) is 0.809. The van der Waals surface area contributed by atoms with Gasteiger partial charge in [0, 0.05) is 31.4 Å². The average molecular weight is 370 g/mol. The van der Waals surface area contributed by atoms with Gasteiger partial charge in [-0.3, -0.25) is 9.48 Å². The average Bonchev–Trinajstić information content (AvgIpc) is 3.29. The minimum Gasteiger partial charge on any atom is -0.454 e. The maximum Gasteiger partial charge on any atom is 0.254 e. The number of ether oxygens (including phenoxy) is 2. The highest BCUT2D eigenvalue weighted by Crippen LogP contribution is 2.33. The zero-order valence-electron chi connectivity index (χ0n) is 15.9. The monoisotopic (exact) mass is 370 g/mol. The molecule has 1 amide bonds. The molecule has 0 unspecified atom stereocenters. The smallest absolute Gasteiger partial charge is 0.254 e. The molecule has 7 nitrogen and oxygen atoms in total. The maximum absolute atomic E-state index is 12.9. The molecule has 1 atom stereocenters. The lowest BCUT2D eigenvalue weighted by Crippen LogP contribution is -2.41. The molecule has 2 aliphatic heterocycles. The van der Waals surface area contributed by atoms with Crippen molar-refractivity contribution in [2.24, 2.45) is 11.8 Å². The topological polar surface area (TPSA) is 69.5 Å². The summed E-state index contributed by atoms with van der Waals surface area (Å²) in [6, 6.07) is 5.40. The molecule has 3 heterocycles. The summed E-state index contributed by atoms with van der Waals surface area (Å²) in [5.74, 6) is 2.36. The third-order valence-corrected chi connectivity index (χ3v) is 5.07. The van der Waals surface area contributed by atoms with Crippen LogP contribution in [0.5, 0.6) is 11.5 Å². The lowest BCUT2D eigenvalue weighted by atomic mass is 9.97. The Bertz CT molecular complexity index is 817. The minimum absolute atomic E-state index is 0.0529. The maximum atomic E-state index is 12.9. The number of piperidine rings is 1. The number of aromatic nitrogens is 3. The number of hydrogen-bond donors (Lipinski definition) is 0. The number of nitrogens with zero attached hydrogens (tertiary/aromatic N) is 4. The number of amides is 1. The third kappa shape index (κ3) is 4.07. The van der Waals surface area contributed by atoms with Crippen LogP contribution in [0, 0.1) is 11.8 Å². The van der Waals surface area contributed by atoms with Gasteiger partial charge in [-0.25, -0.2) is 0 Å². The molecule has 0 radical (unpaired) electrons. The molecule has 2 aromatic rings. The molecule has 0 N–H and O–H groups in total. The van der Waals surface area contributed by atoms with E-state index in [0.717, 1.165) is 44.6 Å². The van der Waals surface area contributed by atoms with E-state index in [0.29, 0.717) is 28.9 Å². The lowest BCUT2D eigenvalue weighted by Gasteiger charge is -2.32. The zero-order chi connectivity index (χ0) is 18.8. The van der Waals surface area contributed by atoms with Crippen LogP contribution in [-0.4, -0.2) is 45.7 Å². The molecule has 0 spiro atoms. The summed E-state index contributed by atoms with van der Waals surface area (Å²) in [4.78, 5) is 14.9. The van der Waals surface area contributed by atoms with Gasteiger partial charge < -0.3 is 14.4 Å². The van der Waals surface area contributed by atoms with Gasteiger partial charge >= 0.3 is 0 Å². The molecule has 27 heavy (non-hydrogen) atoms. The predicted octanol–water partition coefficient (Wildman–Crippen LogP) is 2.76. The van der Waals surface area contributed by atoms with Crippen molar-refractivity contribution in [2.45, 2.75) is 39.7 Å². The Kier molecular flexibility index (Phi) is 5.01. The number of carbonyl (C=O) groups is 1. The molecule has 0 aliphatic carbocycles. The van der Waals surface area contributed by atoms with E-state index in [1.54, 1.807) is 6.07 Å². The van der Waals surface area contributed by atoms with Gasteiger partial charge in [-0.2, -0.15) is 0 Å². The first-order valence-corrected chi connectivity index (χ1v) is 9.66. The van der Waals surface area contributed by atoms with Crippen LogP contribution in [0.25, 0.3) is 0 Å². The first-order valence-electron chi connectivity index (χ1n) is 9.66. The van der Waals surface area contributed by atoms with Crippen molar-refractivity contribution in [3.05, 3.63) is 35.7 Å². The Morgan fingerprint density at radius 2 is 2.15 bits per heavy atom. The third-order valence-electron chi connectivity index (χ3n) is 5.07. The lowest BCUT2D eigenvalue weighted by molar-refractivity contribution is 0.0659. The van der Waals surface area contributed by atoms with Crippen LogP contribution in [0.1, 0.15) is 42.7 Å². The van der Waals surface area contributed by atoms with Crippen LogP contribution < -0.4 is 9.47 Å². The number of hydrogen-bond acceptors (Lipinski definition) is 5. The van der Waals surface area contributed by atoms with Crippen molar-refractivity contribution in [1.82, 2.24) is 19.9 Å². The summed E-state index contributed by atoms with van der Waals surface area (Å²) in [6.07, 6.45) is 5.09. The Balaban J connectivity index is 1.39. The standard InChI is InChI=1S/C20H26N4O3/c1-14(2)8-17-12-24(22-21-17)11-15-4-3-7-23(10-15)20(25)16-5-6-18-19(9-16)27-13-26-18/h5-6,9,12,14-15H,3-4,7-8,10-11,13H2,1-2H3/t15-/m0/s1. The van der Waals surface area contributed by atoms with Crippen LogP contribution in [-0.2, 0) is 13.0 Å². The highest BCUT2D eigenvalue weighted by atomic mass is 16.7. The SMILES string of the molecule is CC(C)Cc1cn(C[C@H]2CCCN(C(=O)c3ccc4c(c3)OCO4)C2)nn1. The van der Waals surface area contributed by atoms with E-state index in [9.17, 15) is 4.79 Å². The van der Waals surface area contributed by atoms with Crippen molar-refractivity contribution in [2.75, 3.05) is 19.9 Å². The van der Waals surface area contributed by atoms with E-state index in [2.05, 4.69) is 24.2 Å². The molecule has 144 valence electrons. The van der Waals surface area contributed by atoms with Crippen LogP contribution in [0.4, 0.5) is 0 Å². The van der Waals surface area contributed by atoms with Crippen molar-refractivity contribution >= 4 is 5.91 Å². The molecule has 2 aliphatic rings. The van der Waals surface area contributed by atoms with Gasteiger partial charge in [0.1, 0.15) is 0 Å². The summed E-state index contributed by atoms with van der Waals surface area (Å²) in [5, 5.41) is 8.53. The number of benzene rings is 1. The van der Waals surface area contributed by atoms with E-state index in [-0.39, 0.29) is 12.7 Å². The summed E-state index contributed by atoms with van der Waals surface area (Å²) in [6.45, 7) is 6.91. The second-order valence-corrected chi connectivity index (χ2v) is 7.86. The molecule has 1 fully saturated rings. The molecule has 7 heteroatoms. The van der Waals surface area contributed by atoms with Gasteiger partial charge in [-0.05, 0) is 49.3 Å². The molecule has 1 aromatic carbocycles. The molecular weight excluding hydrogens is 344 g/mol. The van der Waals surface area contributed by atoms with Crippen molar-refractivity contribution in [3.8, 4) is 11.5 Å². The highest BCUT2D eigenvalue weighted by Gasteiger charge is 2.26. The van der Waals surface area contributed by atoms with Crippen LogP contribution in [0.3, 0.4) is 0 Å². The Morgan fingerprint density at radius 1 is 1.30 bits per heavy atom. The minimum atomic E-state index is 0.0529. The fraction of sp³-hybridized carbons (Fsp3) is 0.550. The van der Waals surface area contributed by atoms with Gasteiger partial charge in [0.05, 0.1) is 5.69 Å². The molecule has 1 saturated heterocycles. The normalized spacial score (nSPS) is 18.9. The van der Waals surface area contributed by atoms with Crippen LogP contribution in [0.15, 0.2) is 24.4 Å². The first-order chi connectivity index (χ1) is 13.1. The molecule has 0 saturated carbocycles. The Morgan fingerprint density at radius 3 is 3.00 bits per heavy atom. The van der Waals surface area contributed by atoms with Crippen molar-refractivity contribution < 1.29 is 14.3 Å². The van der Waals surface area contributed by atoms with E-state index in [1.165, 1.54) is 0 Å². The van der Waals surface area contributed by atoms with Gasteiger partial charge in [0.2, 0.25) is 6.79 Å². The largest absolute Gasteiger partial charge is 0.454 e. The van der Waals surface area contributed by atoms with Crippen LogP contribution >= 0.6 is 0 Å². The van der Waals surface area contributed by atoms with Gasteiger partial charge in [-0.15, -0.1) is 5.10 Å². The molecule has 0 bridgehead atoms. The van der Waals surface area contributed by atoms with E-state index < -0.39 is 0 Å². The Hall–Kier alpha value is -2.57. The summed E-state index contributed by atoms with van der Waals surface area (Å²) in [7, 11) is 0. The fourth-order valence-electron chi connectivity index (χ4n) is 3.81. The van der Waals surface area contributed by atoms with Gasteiger partial charge in [0.25, 0.3) is 5.91 Å². The molecular formula is C20H26N4O3. The van der Waals surface area contributed by atoms with Crippen molar-refractivity contribution in [3.63, 3.8) is 0 Å². The number of rotatable bonds is 5. The van der Waals surface area contributed by atoms with Crippen LogP contribution in [0.2, 0.25) is 0 Å². The zero-order valence-corrected chi connectivity index (χ0v) is 15.9. The summed E-state index contributed by atoms with van der Waals surface area (Å²) < 4.78 is 12.6. The number of carbonyl (C=O) groups excluding carboxylic acids is 1. The van der Waals surface area contributed by atoms with Gasteiger partial charge in [0.15, 0.2) is 11.5 Å². The number of fused-ring (bicyclic) bond motifs is 1. The van der Waals surface area contributed by atoms with E-state index >= 15 is 0 Å². The summed E-state index contributed by atoms with van der Waals surface area (Å²) >= 11 is 0. The first kappa shape index (κ1) is 17.8. The van der Waals surface area contributed by atoms with E-state index in [4.69, 9.17) is 9.47 Å². The van der Waals surface area contributed by atoms with Crippen molar-refractivity contribution in [1.29, 1.82) is 0 Å². The highest BCUT2D eigenvalue weighted by molar-refractivity contribution is 5.95. The summed E-state index contributed by atoms with van der Waals surface area (Å²) in [5.41, 5.74) is 1.69. The molecule has 1 aromatic heterocycles. The second kappa shape index (κ2) is 7.58. The Labute approximate surface area is 159 Å². The van der Waals surface area contributed by atoms with E-state index in [1.807, 2.05) is 27.9 Å². The predicted molar refractivity (Wildman–Crippen MR) is 99.8 cm³/mol. The number of likely N-dealkylation sites (tertiary alicyclic amines) is 1. The second-order valence-electron chi connectivity index (χ2n) is 7.86. The molecule has 4 rings (SSSR count). The fourth-order valence-corrected chi connectivity index (χ4v) is 3.81.